The summed E-state index contributed by atoms with van der Waals surface area (Å²) >= 11 is 0. The highest BCUT2D eigenvalue weighted by Gasteiger charge is 2.22. The largest absolute Gasteiger partial charge is 0.376 e. The molecular formula is C24H25N5O3. The lowest BCUT2D eigenvalue weighted by molar-refractivity contribution is 0.0948. The lowest BCUT2D eigenvalue weighted by Gasteiger charge is -2.14. The number of hydrogen-bond acceptors (Lipinski definition) is 5. The first-order valence-electron chi connectivity index (χ1n) is 10.8. The standard InChI is InChI=1S/C24H25N5O3/c1-16-11-20(17(2)28(16)13-19-9-6-10-32-19)22(30)14-27-15-25-23-21(24(27)31)12-26-29(23)18-7-4-3-5-8-18/h3-5,7-8,11-12,15,19H,6,9-10,13-14H2,1-2H3/t19-/m0/s1. The molecule has 0 amide bonds. The molecule has 8 nitrogen and oxygen atoms in total. The first kappa shape index (κ1) is 20.4. The van der Waals surface area contributed by atoms with Crippen LogP contribution in [0.3, 0.4) is 0 Å². The average molecular weight is 431 g/mol. The minimum Gasteiger partial charge on any atom is -0.376 e. The molecule has 0 aliphatic carbocycles. The summed E-state index contributed by atoms with van der Waals surface area (Å²) in [5, 5.41) is 4.71. The second kappa shape index (κ2) is 8.20. The van der Waals surface area contributed by atoms with E-state index in [-0.39, 0.29) is 24.0 Å². The van der Waals surface area contributed by atoms with Crippen molar-refractivity contribution in [2.45, 2.75) is 45.9 Å². The Balaban J connectivity index is 1.42. The molecule has 32 heavy (non-hydrogen) atoms. The highest BCUT2D eigenvalue weighted by molar-refractivity contribution is 5.97. The minimum absolute atomic E-state index is 0.0670. The third kappa shape index (κ3) is 3.56. The van der Waals surface area contributed by atoms with Gasteiger partial charge in [-0.05, 0) is 44.9 Å². The molecule has 3 aromatic heterocycles. The van der Waals surface area contributed by atoms with Crippen LogP contribution in [0.1, 0.15) is 34.6 Å². The van der Waals surface area contributed by atoms with Crippen molar-refractivity contribution in [2.24, 2.45) is 0 Å². The summed E-state index contributed by atoms with van der Waals surface area (Å²) in [5.41, 5.74) is 3.57. The third-order valence-electron chi connectivity index (χ3n) is 6.15. The summed E-state index contributed by atoms with van der Waals surface area (Å²) in [6.07, 6.45) is 5.24. The zero-order chi connectivity index (χ0) is 22.2. The normalized spacial score (nSPS) is 16.1. The molecule has 0 unspecified atom stereocenters. The van der Waals surface area contributed by atoms with Crippen LogP contribution >= 0.6 is 0 Å². The number of para-hydroxylation sites is 1. The van der Waals surface area contributed by atoms with Crippen molar-refractivity contribution in [3.63, 3.8) is 0 Å². The van der Waals surface area contributed by atoms with Gasteiger partial charge in [-0.3, -0.25) is 14.2 Å². The number of hydrogen-bond donors (Lipinski definition) is 0. The molecule has 1 fully saturated rings. The number of aromatic nitrogens is 5. The van der Waals surface area contributed by atoms with E-state index in [2.05, 4.69) is 14.6 Å². The molecule has 0 bridgehead atoms. The number of Topliss-reactive ketones (excluding diaryl/α,β-unsaturated/α-hetero) is 1. The van der Waals surface area contributed by atoms with Crippen molar-refractivity contribution in [1.82, 2.24) is 23.9 Å². The number of rotatable bonds is 6. The number of benzene rings is 1. The van der Waals surface area contributed by atoms with E-state index < -0.39 is 0 Å². The molecule has 1 saturated heterocycles. The average Bonchev–Trinajstić information content (AvgIpc) is 3.53. The van der Waals surface area contributed by atoms with Gasteiger partial charge in [0, 0.05) is 30.1 Å². The molecular weight excluding hydrogens is 406 g/mol. The topological polar surface area (TPSA) is 83.9 Å². The van der Waals surface area contributed by atoms with E-state index in [0.717, 1.165) is 43.1 Å². The Kier molecular flexibility index (Phi) is 5.22. The third-order valence-corrected chi connectivity index (χ3v) is 6.15. The lowest BCUT2D eigenvalue weighted by Crippen LogP contribution is -2.25. The highest BCUT2D eigenvalue weighted by atomic mass is 16.5. The molecule has 0 N–H and O–H groups in total. The van der Waals surface area contributed by atoms with Crippen molar-refractivity contribution in [1.29, 1.82) is 0 Å². The summed E-state index contributed by atoms with van der Waals surface area (Å²) in [5.74, 6) is -0.115. The van der Waals surface area contributed by atoms with Crippen molar-refractivity contribution in [2.75, 3.05) is 6.61 Å². The van der Waals surface area contributed by atoms with Crippen LogP contribution < -0.4 is 5.56 Å². The Hall–Kier alpha value is -3.52. The molecule has 5 rings (SSSR count). The Bertz CT molecular complexity index is 1340. The highest BCUT2D eigenvalue weighted by Crippen LogP contribution is 2.21. The molecule has 4 aromatic rings. The van der Waals surface area contributed by atoms with E-state index in [1.54, 1.807) is 4.68 Å². The van der Waals surface area contributed by atoms with Gasteiger partial charge in [-0.2, -0.15) is 5.10 Å². The number of carbonyl (C=O) groups excluding carboxylic acids is 1. The van der Waals surface area contributed by atoms with Crippen molar-refractivity contribution in [3.05, 3.63) is 76.2 Å². The van der Waals surface area contributed by atoms with E-state index in [0.29, 0.717) is 16.6 Å². The van der Waals surface area contributed by atoms with Crippen LogP contribution in [0.2, 0.25) is 0 Å². The monoisotopic (exact) mass is 431 g/mol. The predicted octanol–water partition coefficient (Wildman–Crippen LogP) is 3.06. The van der Waals surface area contributed by atoms with E-state index in [4.69, 9.17) is 4.74 Å². The van der Waals surface area contributed by atoms with Crippen LogP contribution in [0, 0.1) is 13.8 Å². The fourth-order valence-electron chi connectivity index (χ4n) is 4.42. The zero-order valence-electron chi connectivity index (χ0n) is 18.2. The summed E-state index contributed by atoms with van der Waals surface area (Å²) in [6.45, 7) is 5.43. The Labute approximate surface area is 185 Å². The predicted molar refractivity (Wildman–Crippen MR) is 120 cm³/mol. The van der Waals surface area contributed by atoms with Crippen LogP contribution in [0.25, 0.3) is 16.7 Å². The summed E-state index contributed by atoms with van der Waals surface area (Å²) in [4.78, 5) is 30.6. The lowest BCUT2D eigenvalue weighted by atomic mass is 10.1. The number of carbonyl (C=O) groups is 1. The number of fused-ring (bicyclic) bond motifs is 1. The molecule has 0 radical (unpaired) electrons. The van der Waals surface area contributed by atoms with E-state index in [1.165, 1.54) is 17.1 Å². The van der Waals surface area contributed by atoms with Gasteiger partial charge >= 0.3 is 0 Å². The SMILES string of the molecule is Cc1cc(C(=O)Cn2cnc3c(cnn3-c3ccccc3)c2=O)c(C)n1C[C@@H]1CCCO1. The van der Waals surface area contributed by atoms with Crippen LogP contribution in [-0.2, 0) is 17.8 Å². The van der Waals surface area contributed by atoms with Crippen LogP contribution in [0.5, 0.6) is 0 Å². The molecule has 4 heterocycles. The van der Waals surface area contributed by atoms with Gasteiger partial charge in [0.05, 0.1) is 24.5 Å². The maximum absolute atomic E-state index is 13.1. The Morgan fingerprint density at radius 1 is 1.22 bits per heavy atom. The Morgan fingerprint density at radius 3 is 2.78 bits per heavy atom. The zero-order valence-corrected chi connectivity index (χ0v) is 18.2. The van der Waals surface area contributed by atoms with Crippen molar-refractivity contribution < 1.29 is 9.53 Å². The molecule has 8 heteroatoms. The van der Waals surface area contributed by atoms with Gasteiger partial charge in [0.15, 0.2) is 11.4 Å². The summed E-state index contributed by atoms with van der Waals surface area (Å²) < 4.78 is 10.9. The fourth-order valence-corrected chi connectivity index (χ4v) is 4.42. The number of aryl methyl sites for hydroxylation is 1. The second-order valence-electron chi connectivity index (χ2n) is 8.26. The molecule has 1 aliphatic rings. The van der Waals surface area contributed by atoms with Gasteiger partial charge in [0.1, 0.15) is 11.7 Å². The van der Waals surface area contributed by atoms with Crippen LogP contribution in [-0.4, -0.2) is 42.4 Å². The van der Waals surface area contributed by atoms with Gasteiger partial charge < -0.3 is 9.30 Å². The van der Waals surface area contributed by atoms with Gasteiger partial charge in [0.2, 0.25) is 0 Å². The quantitative estimate of drug-likeness (QED) is 0.438. The molecule has 0 saturated carbocycles. The maximum atomic E-state index is 13.1. The number of nitrogens with zero attached hydrogens (tertiary/aromatic N) is 5. The van der Waals surface area contributed by atoms with Crippen LogP contribution in [0.4, 0.5) is 0 Å². The molecule has 0 spiro atoms. The van der Waals surface area contributed by atoms with Gasteiger partial charge in [-0.15, -0.1) is 0 Å². The van der Waals surface area contributed by atoms with Crippen LogP contribution in [0.15, 0.2) is 53.7 Å². The van der Waals surface area contributed by atoms with E-state index >= 15 is 0 Å². The fraction of sp³-hybridized carbons (Fsp3) is 0.333. The van der Waals surface area contributed by atoms with E-state index in [9.17, 15) is 9.59 Å². The number of ketones is 1. The molecule has 1 aliphatic heterocycles. The second-order valence-corrected chi connectivity index (χ2v) is 8.26. The summed E-state index contributed by atoms with van der Waals surface area (Å²) in [7, 11) is 0. The molecule has 164 valence electrons. The minimum atomic E-state index is -0.279. The van der Waals surface area contributed by atoms with Gasteiger partial charge in [-0.25, -0.2) is 9.67 Å². The first-order valence-corrected chi connectivity index (χ1v) is 10.8. The van der Waals surface area contributed by atoms with Gasteiger partial charge in [-0.1, -0.05) is 18.2 Å². The molecule has 1 atom stereocenters. The smallest absolute Gasteiger partial charge is 0.264 e. The maximum Gasteiger partial charge on any atom is 0.264 e. The van der Waals surface area contributed by atoms with Crippen molar-refractivity contribution >= 4 is 16.8 Å². The van der Waals surface area contributed by atoms with E-state index in [1.807, 2.05) is 50.2 Å². The Morgan fingerprint density at radius 2 is 2.03 bits per heavy atom. The first-order chi connectivity index (χ1) is 15.5. The summed E-state index contributed by atoms with van der Waals surface area (Å²) in [6, 6.07) is 11.4. The van der Waals surface area contributed by atoms with Gasteiger partial charge in [0.25, 0.3) is 5.56 Å². The number of ether oxygens (including phenoxy) is 1. The van der Waals surface area contributed by atoms with Crippen molar-refractivity contribution in [3.8, 4) is 5.69 Å². The molecule has 1 aromatic carbocycles.